The highest BCUT2D eigenvalue weighted by Gasteiger charge is 2.25. The molecule has 34 heavy (non-hydrogen) atoms. The van der Waals surface area contributed by atoms with Crippen molar-refractivity contribution in [2.45, 2.75) is 57.3 Å². The molecule has 0 radical (unpaired) electrons. The van der Waals surface area contributed by atoms with Crippen LogP contribution in [0.1, 0.15) is 68.3 Å². The zero-order chi connectivity index (χ0) is 24.4. The summed E-state index contributed by atoms with van der Waals surface area (Å²) in [4.78, 5) is 13.0. The summed E-state index contributed by atoms with van der Waals surface area (Å²) >= 11 is 0. The van der Waals surface area contributed by atoms with Crippen molar-refractivity contribution < 1.29 is 22.7 Å². The second-order valence-corrected chi connectivity index (χ2v) is 10.4. The summed E-state index contributed by atoms with van der Waals surface area (Å²) in [5.74, 6) is 1.20. The van der Waals surface area contributed by atoms with E-state index in [1.54, 1.807) is 22.5 Å². The molecule has 0 amide bonds. The Morgan fingerprint density at radius 2 is 1.56 bits per heavy atom. The van der Waals surface area contributed by atoms with Crippen LogP contribution < -0.4 is 9.47 Å². The molecule has 184 valence electrons. The van der Waals surface area contributed by atoms with Crippen LogP contribution in [0.15, 0.2) is 53.4 Å². The van der Waals surface area contributed by atoms with E-state index in [9.17, 15) is 13.2 Å². The predicted octanol–water partition coefficient (Wildman–Crippen LogP) is 5.73. The van der Waals surface area contributed by atoms with Gasteiger partial charge in [-0.2, -0.15) is 4.31 Å². The monoisotopic (exact) mass is 485 g/mol. The average molecular weight is 486 g/mol. The van der Waals surface area contributed by atoms with Crippen LogP contribution in [0.3, 0.4) is 0 Å². The zero-order valence-corrected chi connectivity index (χ0v) is 21.0. The first-order valence-electron chi connectivity index (χ1n) is 12.2. The highest BCUT2D eigenvalue weighted by atomic mass is 32.2. The van der Waals surface area contributed by atoms with Crippen LogP contribution >= 0.6 is 0 Å². The molecule has 0 aromatic heterocycles. The Labute approximate surface area is 203 Å². The zero-order valence-electron chi connectivity index (χ0n) is 20.2. The quantitative estimate of drug-likeness (QED) is 0.300. The Bertz CT molecular complexity index is 1070. The van der Waals surface area contributed by atoms with E-state index < -0.39 is 10.0 Å². The van der Waals surface area contributed by atoms with Gasteiger partial charge in [0.05, 0.1) is 18.1 Å². The molecule has 1 aliphatic heterocycles. The molecule has 0 saturated carbocycles. The molecule has 0 spiro atoms. The highest BCUT2D eigenvalue weighted by Crippen LogP contribution is 2.27. The van der Waals surface area contributed by atoms with Crippen molar-refractivity contribution in [3.8, 4) is 11.5 Å². The molecular weight excluding hydrogens is 450 g/mol. The normalized spacial score (nSPS) is 15.2. The fraction of sp³-hybridized carbons (Fsp3) is 0.444. The molecule has 1 heterocycles. The van der Waals surface area contributed by atoms with Crippen LogP contribution in [-0.4, -0.2) is 44.8 Å². The van der Waals surface area contributed by atoms with Crippen molar-refractivity contribution in [2.24, 2.45) is 0 Å². The van der Waals surface area contributed by atoms with Gasteiger partial charge in [-0.15, -0.1) is 0 Å². The fourth-order valence-electron chi connectivity index (χ4n) is 3.78. The molecule has 0 unspecified atom stereocenters. The van der Waals surface area contributed by atoms with Crippen molar-refractivity contribution >= 4 is 21.9 Å². The summed E-state index contributed by atoms with van der Waals surface area (Å²) in [7, 11) is -3.53. The number of hydrogen-bond donors (Lipinski definition) is 0. The minimum absolute atomic E-state index is 0.202. The lowest BCUT2D eigenvalue weighted by molar-refractivity contribution is 0.104. The van der Waals surface area contributed by atoms with Crippen molar-refractivity contribution in [3.63, 3.8) is 0 Å². The standard InChI is InChI=1S/C27H35NO5S/c1-3-19-32-24-13-9-23(27(21-24)33-20-4-2)12-16-26(29)22-10-14-25(15-11-22)34(30,31)28-17-7-5-6-8-18-28/h9-16,21H,3-8,17-20H2,1-2H3. The maximum Gasteiger partial charge on any atom is 0.243 e. The number of carbonyl (C=O) groups excluding carboxylic acids is 1. The third kappa shape index (κ3) is 6.93. The molecule has 3 rings (SSSR count). The van der Waals surface area contributed by atoms with E-state index in [-0.39, 0.29) is 10.7 Å². The molecule has 2 aromatic rings. The minimum atomic E-state index is -3.53. The summed E-state index contributed by atoms with van der Waals surface area (Å²) in [5.41, 5.74) is 1.22. The number of hydrogen-bond acceptors (Lipinski definition) is 5. The molecule has 0 aliphatic carbocycles. The van der Waals surface area contributed by atoms with Crippen molar-refractivity contribution in [1.29, 1.82) is 0 Å². The topological polar surface area (TPSA) is 72.9 Å². The van der Waals surface area contributed by atoms with Gasteiger partial charge in [-0.1, -0.05) is 26.7 Å². The molecular formula is C27H35NO5S. The first-order valence-corrected chi connectivity index (χ1v) is 13.6. The second kappa shape index (κ2) is 12.7. The maximum atomic E-state index is 13.0. The molecule has 1 fully saturated rings. The molecule has 1 saturated heterocycles. The average Bonchev–Trinajstić information content (AvgIpc) is 3.15. The molecule has 0 N–H and O–H groups in total. The van der Waals surface area contributed by atoms with Crippen LogP contribution in [0.25, 0.3) is 6.08 Å². The molecule has 0 atom stereocenters. The van der Waals surface area contributed by atoms with E-state index in [1.807, 2.05) is 32.0 Å². The number of benzene rings is 2. The predicted molar refractivity (Wildman–Crippen MR) is 135 cm³/mol. The first-order chi connectivity index (χ1) is 16.5. The van der Waals surface area contributed by atoms with Crippen molar-refractivity contribution in [1.82, 2.24) is 4.31 Å². The molecule has 6 nitrogen and oxygen atoms in total. The lowest BCUT2D eigenvalue weighted by Gasteiger charge is -2.19. The summed E-state index contributed by atoms with van der Waals surface area (Å²) in [5, 5.41) is 0. The van der Waals surface area contributed by atoms with E-state index in [4.69, 9.17) is 9.47 Å². The molecule has 0 bridgehead atoms. The van der Waals surface area contributed by atoms with Gasteiger partial charge in [0, 0.05) is 30.3 Å². The summed E-state index contributed by atoms with van der Waals surface area (Å²) in [6.45, 7) is 6.39. The number of allylic oxidation sites excluding steroid dienone is 1. The van der Waals surface area contributed by atoms with Gasteiger partial charge in [0.15, 0.2) is 5.78 Å². The third-order valence-electron chi connectivity index (χ3n) is 5.68. The number of sulfonamides is 1. The van der Waals surface area contributed by atoms with Crippen LogP contribution in [0.2, 0.25) is 0 Å². The van der Waals surface area contributed by atoms with Gasteiger partial charge in [0.1, 0.15) is 11.5 Å². The van der Waals surface area contributed by atoms with Gasteiger partial charge in [-0.25, -0.2) is 8.42 Å². The van der Waals surface area contributed by atoms with E-state index in [0.29, 0.717) is 37.6 Å². The lowest BCUT2D eigenvalue weighted by atomic mass is 10.1. The van der Waals surface area contributed by atoms with Crippen LogP contribution in [0.4, 0.5) is 0 Å². The number of nitrogens with zero attached hydrogens (tertiary/aromatic N) is 1. The van der Waals surface area contributed by atoms with Crippen LogP contribution in [0, 0.1) is 0 Å². The van der Waals surface area contributed by atoms with E-state index in [2.05, 4.69) is 0 Å². The van der Waals surface area contributed by atoms with E-state index >= 15 is 0 Å². The third-order valence-corrected chi connectivity index (χ3v) is 7.59. The maximum absolute atomic E-state index is 13.0. The Balaban J connectivity index is 1.73. The summed E-state index contributed by atoms with van der Waals surface area (Å²) in [6, 6.07) is 11.8. The van der Waals surface area contributed by atoms with Gasteiger partial charge < -0.3 is 9.47 Å². The lowest BCUT2D eigenvalue weighted by Crippen LogP contribution is -2.31. The van der Waals surface area contributed by atoms with E-state index in [0.717, 1.165) is 49.8 Å². The van der Waals surface area contributed by atoms with Gasteiger partial charge in [0.2, 0.25) is 10.0 Å². The van der Waals surface area contributed by atoms with Gasteiger partial charge in [-0.3, -0.25) is 4.79 Å². The molecule has 1 aliphatic rings. The van der Waals surface area contributed by atoms with Gasteiger partial charge in [0.25, 0.3) is 0 Å². The fourth-order valence-corrected chi connectivity index (χ4v) is 5.30. The van der Waals surface area contributed by atoms with E-state index in [1.165, 1.54) is 18.2 Å². The Morgan fingerprint density at radius 3 is 2.21 bits per heavy atom. The first kappa shape index (κ1) is 26.0. The SMILES string of the molecule is CCCOc1ccc(C=CC(=O)c2ccc(S(=O)(=O)N3CCCCCC3)cc2)c(OCCC)c1. The Hall–Kier alpha value is -2.64. The van der Waals surface area contributed by atoms with Crippen molar-refractivity contribution in [3.05, 3.63) is 59.7 Å². The van der Waals surface area contributed by atoms with Crippen LogP contribution in [-0.2, 0) is 10.0 Å². The second-order valence-electron chi connectivity index (χ2n) is 8.44. The molecule has 2 aromatic carbocycles. The van der Waals surface area contributed by atoms with Crippen LogP contribution in [0.5, 0.6) is 11.5 Å². The Morgan fingerprint density at radius 1 is 0.912 bits per heavy atom. The Kier molecular flexibility index (Phi) is 9.72. The number of ketones is 1. The highest BCUT2D eigenvalue weighted by molar-refractivity contribution is 7.89. The van der Waals surface area contributed by atoms with Gasteiger partial charge >= 0.3 is 0 Å². The summed E-state index contributed by atoms with van der Waals surface area (Å²) in [6.07, 6.45) is 8.88. The molecule has 7 heteroatoms. The van der Waals surface area contributed by atoms with Gasteiger partial charge in [-0.05, 0) is 74.2 Å². The minimum Gasteiger partial charge on any atom is -0.493 e. The number of rotatable bonds is 11. The number of ether oxygens (including phenoxy) is 2. The van der Waals surface area contributed by atoms with Crippen molar-refractivity contribution in [2.75, 3.05) is 26.3 Å². The summed E-state index contributed by atoms with van der Waals surface area (Å²) < 4.78 is 39.0. The number of carbonyl (C=O) groups is 1. The largest absolute Gasteiger partial charge is 0.493 e. The smallest absolute Gasteiger partial charge is 0.243 e.